The number of aromatic amines is 1. The third kappa shape index (κ3) is 8.49. The van der Waals surface area contributed by atoms with E-state index in [2.05, 4.69) is 20.8 Å². The van der Waals surface area contributed by atoms with Gasteiger partial charge in [0.1, 0.15) is 30.0 Å². The maximum atomic E-state index is 12.4. The Morgan fingerprint density at radius 3 is 2.36 bits per heavy atom. The molecule has 0 spiro atoms. The number of aryl methyl sites for hydroxylation is 1. The van der Waals surface area contributed by atoms with Crippen LogP contribution in [-0.2, 0) is 27.2 Å². The highest BCUT2D eigenvalue weighted by Crippen LogP contribution is 2.31. The number of H-pyrrole nitrogens is 1. The van der Waals surface area contributed by atoms with Gasteiger partial charge in [-0.3, -0.25) is 14.7 Å². The van der Waals surface area contributed by atoms with Crippen molar-refractivity contribution in [2.75, 3.05) is 19.8 Å². The van der Waals surface area contributed by atoms with Gasteiger partial charge in [0.15, 0.2) is 0 Å². The summed E-state index contributed by atoms with van der Waals surface area (Å²) >= 11 is 0. The molecule has 234 valence electrons. The van der Waals surface area contributed by atoms with Gasteiger partial charge in [-0.1, -0.05) is 38.1 Å². The van der Waals surface area contributed by atoms with Gasteiger partial charge in [0, 0.05) is 30.6 Å². The number of aromatic nitrogens is 2. The van der Waals surface area contributed by atoms with Crippen LogP contribution in [0.4, 0.5) is 0 Å². The molecule has 2 heterocycles. The molecule has 1 aromatic heterocycles. The van der Waals surface area contributed by atoms with Gasteiger partial charge in [0.2, 0.25) is 24.0 Å². The van der Waals surface area contributed by atoms with Crippen LogP contribution in [0.2, 0.25) is 0 Å². The standard InChI is InChI=1S/C29H44N4O9/c1-16(2)22-19(26(33-32-22)42-27-25(39)24(38)23(37)20(15-35)41-27)14-18-10-8-17(9-11-18)6-5-7-21(36)31-29(3,4)28(40)30-12-13-34/h8-11,16,20,23-25,27,34-35,37-39H,5-7,12-15H2,1-4H3,(H,30,40)(H,31,36)(H,32,33)/t20-,23+,24+,25-,27+/m1/s1. The second kappa shape index (κ2) is 14.9. The van der Waals surface area contributed by atoms with Gasteiger partial charge >= 0.3 is 0 Å². The zero-order valence-electron chi connectivity index (χ0n) is 24.5. The molecule has 2 amide bonds. The summed E-state index contributed by atoms with van der Waals surface area (Å²) in [4.78, 5) is 24.5. The number of amides is 2. The van der Waals surface area contributed by atoms with Crippen LogP contribution < -0.4 is 15.4 Å². The van der Waals surface area contributed by atoms with E-state index >= 15 is 0 Å². The number of carbonyl (C=O) groups is 2. The summed E-state index contributed by atoms with van der Waals surface area (Å²) in [6, 6.07) is 7.90. The van der Waals surface area contributed by atoms with E-state index < -0.39 is 42.9 Å². The molecule has 0 unspecified atom stereocenters. The van der Waals surface area contributed by atoms with E-state index in [9.17, 15) is 30.0 Å². The first-order chi connectivity index (χ1) is 19.9. The molecule has 0 radical (unpaired) electrons. The summed E-state index contributed by atoms with van der Waals surface area (Å²) < 4.78 is 11.3. The van der Waals surface area contributed by atoms with E-state index in [1.54, 1.807) is 13.8 Å². The van der Waals surface area contributed by atoms with Gasteiger partial charge in [-0.2, -0.15) is 0 Å². The van der Waals surface area contributed by atoms with Gasteiger partial charge in [-0.15, -0.1) is 5.10 Å². The number of carbonyl (C=O) groups excluding carboxylic acids is 2. The van der Waals surface area contributed by atoms with E-state index in [1.807, 2.05) is 38.1 Å². The van der Waals surface area contributed by atoms with E-state index in [-0.39, 0.29) is 43.2 Å². The van der Waals surface area contributed by atoms with Crippen molar-refractivity contribution in [3.05, 3.63) is 46.6 Å². The Balaban J connectivity index is 1.60. The fourth-order valence-corrected chi connectivity index (χ4v) is 4.72. The topological polar surface area (TPSA) is 206 Å². The Morgan fingerprint density at radius 1 is 1.07 bits per heavy atom. The van der Waals surface area contributed by atoms with Crippen molar-refractivity contribution in [3.63, 3.8) is 0 Å². The monoisotopic (exact) mass is 592 g/mol. The lowest BCUT2D eigenvalue weighted by Gasteiger charge is -2.39. The average Bonchev–Trinajstić information content (AvgIpc) is 3.34. The summed E-state index contributed by atoms with van der Waals surface area (Å²) in [5.41, 5.74) is 2.51. The Labute approximate surface area is 245 Å². The Hall–Kier alpha value is -3.07. The summed E-state index contributed by atoms with van der Waals surface area (Å²) in [5.74, 6) is -0.328. The molecule has 42 heavy (non-hydrogen) atoms. The molecule has 1 aliphatic heterocycles. The lowest BCUT2D eigenvalue weighted by Crippen LogP contribution is -2.60. The molecule has 13 nitrogen and oxygen atoms in total. The predicted octanol–water partition coefficient (Wildman–Crippen LogP) is -0.371. The number of ether oxygens (including phenoxy) is 2. The van der Waals surface area contributed by atoms with Crippen molar-refractivity contribution in [2.24, 2.45) is 0 Å². The van der Waals surface area contributed by atoms with Crippen LogP contribution >= 0.6 is 0 Å². The third-order valence-electron chi connectivity index (χ3n) is 7.20. The number of aliphatic hydroxyl groups excluding tert-OH is 5. The van der Waals surface area contributed by atoms with E-state index in [1.165, 1.54) is 0 Å². The number of hydrogen-bond acceptors (Lipinski definition) is 10. The zero-order chi connectivity index (χ0) is 31.0. The van der Waals surface area contributed by atoms with Crippen LogP contribution in [0, 0.1) is 0 Å². The van der Waals surface area contributed by atoms with Crippen LogP contribution in [0.15, 0.2) is 24.3 Å². The highest BCUT2D eigenvalue weighted by molar-refractivity contribution is 5.90. The maximum Gasteiger partial charge on any atom is 0.245 e. The van der Waals surface area contributed by atoms with Crippen molar-refractivity contribution in [1.82, 2.24) is 20.8 Å². The fraction of sp³-hybridized carbons (Fsp3) is 0.621. The number of rotatable bonds is 14. The van der Waals surface area contributed by atoms with Crippen molar-refractivity contribution < 1.29 is 44.6 Å². The average molecular weight is 593 g/mol. The maximum absolute atomic E-state index is 12.4. The minimum atomic E-state index is -1.56. The van der Waals surface area contributed by atoms with Crippen LogP contribution in [-0.4, -0.2) is 104 Å². The molecule has 1 aliphatic rings. The summed E-state index contributed by atoms with van der Waals surface area (Å²) in [7, 11) is 0. The summed E-state index contributed by atoms with van der Waals surface area (Å²) in [6.07, 6.45) is -5.07. The molecule has 0 bridgehead atoms. The number of nitrogens with one attached hydrogen (secondary N) is 3. The Morgan fingerprint density at radius 2 is 1.74 bits per heavy atom. The number of nitrogens with zero attached hydrogens (tertiary/aromatic N) is 1. The van der Waals surface area contributed by atoms with Crippen molar-refractivity contribution >= 4 is 11.8 Å². The van der Waals surface area contributed by atoms with E-state index in [0.717, 1.165) is 22.4 Å². The highest BCUT2D eigenvalue weighted by atomic mass is 16.7. The number of hydrogen-bond donors (Lipinski definition) is 8. The lowest BCUT2D eigenvalue weighted by molar-refractivity contribution is -0.278. The second-order valence-electron chi connectivity index (χ2n) is 11.4. The smallest absolute Gasteiger partial charge is 0.245 e. The number of aliphatic hydroxyl groups is 5. The summed E-state index contributed by atoms with van der Waals surface area (Å²) in [5, 5.41) is 61.4. The first-order valence-corrected chi connectivity index (χ1v) is 14.2. The molecule has 8 N–H and O–H groups in total. The van der Waals surface area contributed by atoms with Crippen LogP contribution in [0.3, 0.4) is 0 Å². The fourth-order valence-electron chi connectivity index (χ4n) is 4.72. The minimum Gasteiger partial charge on any atom is -0.443 e. The first kappa shape index (κ1) is 33.4. The van der Waals surface area contributed by atoms with Gasteiger partial charge < -0.3 is 45.6 Å². The molecule has 0 aliphatic carbocycles. The molecule has 5 atom stereocenters. The van der Waals surface area contributed by atoms with Crippen molar-refractivity contribution in [1.29, 1.82) is 0 Å². The third-order valence-corrected chi connectivity index (χ3v) is 7.20. The van der Waals surface area contributed by atoms with Crippen LogP contribution in [0.25, 0.3) is 0 Å². The van der Waals surface area contributed by atoms with Crippen molar-refractivity contribution in [2.45, 2.75) is 95.5 Å². The Bertz CT molecular complexity index is 1170. The predicted molar refractivity (Wildman–Crippen MR) is 152 cm³/mol. The van der Waals surface area contributed by atoms with Gasteiger partial charge in [-0.25, -0.2) is 0 Å². The first-order valence-electron chi connectivity index (χ1n) is 14.2. The largest absolute Gasteiger partial charge is 0.443 e. The number of benzene rings is 1. The van der Waals surface area contributed by atoms with Gasteiger partial charge in [0.05, 0.1) is 13.2 Å². The molecule has 2 aromatic rings. The van der Waals surface area contributed by atoms with Crippen LogP contribution in [0.5, 0.6) is 5.88 Å². The molecular weight excluding hydrogens is 548 g/mol. The molecule has 0 saturated carbocycles. The summed E-state index contributed by atoms with van der Waals surface area (Å²) in [6.45, 7) is 6.61. The molecular formula is C29H44N4O9. The van der Waals surface area contributed by atoms with Gasteiger partial charge in [-0.05, 0) is 43.7 Å². The zero-order valence-corrected chi connectivity index (χ0v) is 24.5. The molecule has 1 fully saturated rings. The second-order valence-corrected chi connectivity index (χ2v) is 11.4. The quantitative estimate of drug-likeness (QED) is 0.143. The van der Waals surface area contributed by atoms with Crippen molar-refractivity contribution in [3.8, 4) is 5.88 Å². The minimum absolute atomic E-state index is 0.0794. The Kier molecular flexibility index (Phi) is 11.9. The lowest BCUT2D eigenvalue weighted by atomic mass is 9.97. The SMILES string of the molecule is CC(C)c1[nH]nc(O[C@@H]2O[C@H](CO)[C@H](O)[C@H](O)[C@H]2O)c1Cc1ccc(CCCC(=O)NC(C)(C)C(=O)NCCO)cc1. The molecule has 13 heteroatoms. The van der Waals surface area contributed by atoms with Crippen LogP contribution in [0.1, 0.15) is 68.8 Å². The molecule has 1 saturated heterocycles. The van der Waals surface area contributed by atoms with Gasteiger partial charge in [0.25, 0.3) is 0 Å². The van der Waals surface area contributed by atoms with E-state index in [4.69, 9.17) is 14.6 Å². The van der Waals surface area contributed by atoms with E-state index in [0.29, 0.717) is 19.3 Å². The normalized spacial score (nSPS) is 22.7. The highest BCUT2D eigenvalue weighted by Gasteiger charge is 2.45. The molecule has 3 rings (SSSR count). The molecule has 1 aromatic carbocycles.